The molecule has 0 heterocycles. The number of halogens is 2. The van der Waals surface area contributed by atoms with Crippen LogP contribution in [0.1, 0.15) is 20.7 Å². The van der Waals surface area contributed by atoms with Crippen molar-refractivity contribution in [1.82, 2.24) is 0 Å². The SMILES string of the molecule is COc1cc(OC)cc(C(=O)C(=O)c2c(F)cccc2F)c1. The van der Waals surface area contributed by atoms with Gasteiger partial charge in [-0.3, -0.25) is 9.59 Å². The van der Waals surface area contributed by atoms with Crippen molar-refractivity contribution in [3.8, 4) is 11.5 Å². The molecule has 0 aliphatic rings. The lowest BCUT2D eigenvalue weighted by Gasteiger charge is -2.08. The van der Waals surface area contributed by atoms with E-state index >= 15 is 0 Å². The highest BCUT2D eigenvalue weighted by atomic mass is 19.1. The molecule has 22 heavy (non-hydrogen) atoms. The molecule has 0 N–H and O–H groups in total. The van der Waals surface area contributed by atoms with Crippen LogP contribution >= 0.6 is 0 Å². The van der Waals surface area contributed by atoms with E-state index in [1.54, 1.807) is 0 Å². The molecule has 4 nitrogen and oxygen atoms in total. The Balaban J connectivity index is 2.45. The lowest BCUT2D eigenvalue weighted by atomic mass is 10.00. The zero-order valence-corrected chi connectivity index (χ0v) is 11.9. The van der Waals surface area contributed by atoms with Gasteiger partial charge in [0.1, 0.15) is 23.1 Å². The van der Waals surface area contributed by atoms with Gasteiger partial charge in [0.25, 0.3) is 0 Å². The molecule has 2 aromatic carbocycles. The molecule has 0 saturated heterocycles. The Bertz CT molecular complexity index is 698. The Labute approximate surface area is 125 Å². The molecule has 0 aliphatic heterocycles. The van der Waals surface area contributed by atoms with Crippen LogP contribution < -0.4 is 9.47 Å². The molecule has 0 amide bonds. The van der Waals surface area contributed by atoms with E-state index in [1.165, 1.54) is 32.4 Å². The number of methoxy groups -OCH3 is 2. The number of benzene rings is 2. The number of carbonyl (C=O) groups excluding carboxylic acids is 2. The van der Waals surface area contributed by atoms with Crippen LogP contribution in [0, 0.1) is 11.6 Å². The lowest BCUT2D eigenvalue weighted by Crippen LogP contribution is -2.18. The Hall–Kier alpha value is -2.76. The normalized spacial score (nSPS) is 10.2. The summed E-state index contributed by atoms with van der Waals surface area (Å²) in [6.07, 6.45) is 0. The van der Waals surface area contributed by atoms with E-state index in [9.17, 15) is 18.4 Å². The Morgan fingerprint density at radius 3 is 1.82 bits per heavy atom. The summed E-state index contributed by atoms with van der Waals surface area (Å²) in [5.41, 5.74) is -0.960. The molecule has 0 atom stereocenters. The standard InChI is InChI=1S/C16H12F2O4/c1-21-10-6-9(7-11(8-10)22-2)15(19)16(20)14-12(17)4-3-5-13(14)18/h3-8H,1-2H3. The average Bonchev–Trinajstić information content (AvgIpc) is 2.53. The van der Waals surface area contributed by atoms with Gasteiger partial charge in [-0.25, -0.2) is 8.78 Å². The largest absolute Gasteiger partial charge is 0.497 e. The van der Waals surface area contributed by atoms with Crippen molar-refractivity contribution in [3.63, 3.8) is 0 Å². The third kappa shape index (κ3) is 2.95. The molecular formula is C16H12F2O4. The third-order valence-corrected chi connectivity index (χ3v) is 3.01. The molecule has 0 radical (unpaired) electrons. The second-order valence-electron chi connectivity index (χ2n) is 4.36. The highest BCUT2D eigenvalue weighted by molar-refractivity contribution is 6.49. The average molecular weight is 306 g/mol. The van der Waals surface area contributed by atoms with E-state index in [2.05, 4.69) is 0 Å². The highest BCUT2D eigenvalue weighted by Gasteiger charge is 2.25. The number of ketones is 2. The Morgan fingerprint density at radius 1 is 0.864 bits per heavy atom. The van der Waals surface area contributed by atoms with E-state index in [-0.39, 0.29) is 17.1 Å². The first-order valence-electron chi connectivity index (χ1n) is 6.24. The van der Waals surface area contributed by atoms with Gasteiger partial charge in [-0.2, -0.15) is 0 Å². The maximum atomic E-state index is 13.6. The van der Waals surface area contributed by atoms with E-state index in [4.69, 9.17) is 9.47 Å². The van der Waals surface area contributed by atoms with Crippen molar-refractivity contribution in [2.45, 2.75) is 0 Å². The van der Waals surface area contributed by atoms with Crippen molar-refractivity contribution < 1.29 is 27.8 Å². The number of hydrogen-bond acceptors (Lipinski definition) is 4. The molecule has 6 heteroatoms. The number of rotatable bonds is 5. The maximum absolute atomic E-state index is 13.6. The van der Waals surface area contributed by atoms with E-state index in [1.807, 2.05) is 0 Å². The Kier molecular flexibility index (Phi) is 4.50. The van der Waals surface area contributed by atoms with Gasteiger partial charge in [0.15, 0.2) is 0 Å². The summed E-state index contributed by atoms with van der Waals surface area (Å²) in [7, 11) is 2.75. The smallest absolute Gasteiger partial charge is 0.239 e. The topological polar surface area (TPSA) is 52.6 Å². The summed E-state index contributed by atoms with van der Waals surface area (Å²) in [4.78, 5) is 24.3. The van der Waals surface area contributed by atoms with Crippen LogP contribution in [0.5, 0.6) is 11.5 Å². The molecule has 0 aliphatic carbocycles. The minimum atomic E-state index is -1.27. The predicted octanol–water partition coefficient (Wildman–Crippen LogP) is 3.05. The first-order chi connectivity index (χ1) is 10.5. The molecule has 0 fully saturated rings. The quantitative estimate of drug-likeness (QED) is 0.629. The molecule has 0 spiro atoms. The van der Waals surface area contributed by atoms with E-state index < -0.39 is 28.8 Å². The van der Waals surface area contributed by atoms with Gasteiger partial charge in [-0.05, 0) is 24.3 Å². The van der Waals surface area contributed by atoms with Crippen LogP contribution in [-0.2, 0) is 0 Å². The highest BCUT2D eigenvalue weighted by Crippen LogP contribution is 2.24. The summed E-state index contributed by atoms with van der Waals surface area (Å²) >= 11 is 0. The summed E-state index contributed by atoms with van der Waals surface area (Å²) in [6, 6.07) is 7.03. The van der Waals surface area contributed by atoms with Gasteiger partial charge in [0.05, 0.1) is 19.8 Å². The van der Waals surface area contributed by atoms with Crippen LogP contribution in [0.25, 0.3) is 0 Å². The van der Waals surface area contributed by atoms with Crippen LogP contribution in [0.15, 0.2) is 36.4 Å². The van der Waals surface area contributed by atoms with Crippen molar-refractivity contribution in [2.75, 3.05) is 14.2 Å². The first-order valence-corrected chi connectivity index (χ1v) is 6.24. The van der Waals surface area contributed by atoms with Crippen molar-refractivity contribution >= 4 is 11.6 Å². The van der Waals surface area contributed by atoms with Crippen molar-refractivity contribution in [1.29, 1.82) is 0 Å². The van der Waals surface area contributed by atoms with Gasteiger partial charge in [-0.15, -0.1) is 0 Å². The van der Waals surface area contributed by atoms with Gasteiger partial charge in [0.2, 0.25) is 11.6 Å². The molecular weight excluding hydrogens is 294 g/mol. The molecule has 2 aromatic rings. The van der Waals surface area contributed by atoms with Crippen LogP contribution in [0.2, 0.25) is 0 Å². The van der Waals surface area contributed by atoms with E-state index in [0.29, 0.717) is 0 Å². The zero-order valence-electron chi connectivity index (χ0n) is 11.9. The molecule has 0 aromatic heterocycles. The first kappa shape index (κ1) is 15.6. The second-order valence-corrected chi connectivity index (χ2v) is 4.36. The maximum Gasteiger partial charge on any atom is 0.239 e. The van der Waals surface area contributed by atoms with E-state index in [0.717, 1.165) is 18.2 Å². The monoisotopic (exact) mass is 306 g/mol. The van der Waals surface area contributed by atoms with Crippen LogP contribution in [-0.4, -0.2) is 25.8 Å². The van der Waals surface area contributed by atoms with Crippen molar-refractivity contribution in [2.24, 2.45) is 0 Å². The molecule has 2 rings (SSSR count). The van der Waals surface area contributed by atoms with Crippen LogP contribution in [0.3, 0.4) is 0 Å². The number of carbonyl (C=O) groups is 2. The number of hydrogen-bond donors (Lipinski definition) is 0. The van der Waals surface area contributed by atoms with Gasteiger partial charge >= 0.3 is 0 Å². The molecule has 114 valence electrons. The van der Waals surface area contributed by atoms with Gasteiger partial charge in [0, 0.05) is 11.6 Å². The molecule has 0 saturated carbocycles. The summed E-state index contributed by atoms with van der Waals surface area (Å²) in [5.74, 6) is -3.94. The number of Topliss-reactive ketones (excluding diaryl/α,β-unsaturated/α-hetero) is 2. The second kappa shape index (κ2) is 6.34. The lowest BCUT2D eigenvalue weighted by molar-refractivity contribution is 0.0811. The zero-order chi connectivity index (χ0) is 16.3. The predicted molar refractivity (Wildman–Crippen MR) is 74.6 cm³/mol. The summed E-state index contributed by atoms with van der Waals surface area (Å²) < 4.78 is 37.2. The molecule has 0 bridgehead atoms. The minimum Gasteiger partial charge on any atom is -0.497 e. The fourth-order valence-electron chi connectivity index (χ4n) is 1.90. The van der Waals surface area contributed by atoms with Gasteiger partial charge < -0.3 is 9.47 Å². The van der Waals surface area contributed by atoms with Gasteiger partial charge in [-0.1, -0.05) is 6.07 Å². The fraction of sp³-hybridized carbons (Fsp3) is 0.125. The summed E-state index contributed by atoms with van der Waals surface area (Å²) in [6.45, 7) is 0. The van der Waals surface area contributed by atoms with Crippen molar-refractivity contribution in [3.05, 3.63) is 59.2 Å². The third-order valence-electron chi connectivity index (χ3n) is 3.01. The van der Waals surface area contributed by atoms with Crippen LogP contribution in [0.4, 0.5) is 8.78 Å². The molecule has 0 unspecified atom stereocenters. The summed E-state index contributed by atoms with van der Waals surface area (Å²) in [5, 5.41) is 0. The minimum absolute atomic E-state index is 0.0798. The Morgan fingerprint density at radius 2 is 1.36 bits per heavy atom. The fourth-order valence-corrected chi connectivity index (χ4v) is 1.90. The number of ether oxygens (including phenoxy) is 2.